The van der Waals surface area contributed by atoms with Gasteiger partial charge >= 0.3 is 0 Å². The number of hydrogen-bond acceptors (Lipinski definition) is 4. The predicted molar refractivity (Wildman–Crippen MR) is 73.8 cm³/mol. The Labute approximate surface area is 121 Å². The molecule has 7 heteroatoms. The Morgan fingerprint density at radius 1 is 1.50 bits per heavy atom. The van der Waals surface area contributed by atoms with Gasteiger partial charge in [0.25, 0.3) is 5.91 Å². The number of benzene rings is 1. The normalized spacial score (nSPS) is 16.9. The van der Waals surface area contributed by atoms with Gasteiger partial charge in [0.1, 0.15) is 11.6 Å². The molecule has 1 aromatic rings. The SMILES string of the molecule is NC1CCN(NC(=O)COc2ccc(Cl)c(F)c2)CC1. The van der Waals surface area contributed by atoms with E-state index in [1.54, 1.807) is 0 Å². The van der Waals surface area contributed by atoms with E-state index in [0.717, 1.165) is 32.0 Å². The number of hydrogen-bond donors (Lipinski definition) is 2. The van der Waals surface area contributed by atoms with E-state index in [9.17, 15) is 9.18 Å². The zero-order valence-corrected chi connectivity index (χ0v) is 11.7. The highest BCUT2D eigenvalue weighted by atomic mass is 35.5. The van der Waals surface area contributed by atoms with E-state index >= 15 is 0 Å². The first kappa shape index (κ1) is 15.0. The van der Waals surface area contributed by atoms with Crippen LogP contribution in [0, 0.1) is 5.82 Å². The van der Waals surface area contributed by atoms with Crippen molar-refractivity contribution in [3.05, 3.63) is 29.0 Å². The molecular weight excluding hydrogens is 285 g/mol. The summed E-state index contributed by atoms with van der Waals surface area (Å²) in [5, 5.41) is 1.84. The molecule has 110 valence electrons. The molecule has 0 radical (unpaired) electrons. The van der Waals surface area contributed by atoms with Crippen LogP contribution < -0.4 is 15.9 Å². The van der Waals surface area contributed by atoms with E-state index in [-0.39, 0.29) is 29.3 Å². The van der Waals surface area contributed by atoms with E-state index in [4.69, 9.17) is 22.1 Å². The van der Waals surface area contributed by atoms with Crippen molar-refractivity contribution in [1.82, 2.24) is 10.4 Å². The number of carbonyl (C=O) groups is 1. The first-order chi connectivity index (χ1) is 9.54. The van der Waals surface area contributed by atoms with Crippen molar-refractivity contribution in [2.45, 2.75) is 18.9 Å². The minimum absolute atomic E-state index is 0.0199. The Morgan fingerprint density at radius 2 is 2.20 bits per heavy atom. The van der Waals surface area contributed by atoms with Crippen molar-refractivity contribution < 1.29 is 13.9 Å². The van der Waals surface area contributed by atoms with Crippen LogP contribution in [0.15, 0.2) is 18.2 Å². The largest absolute Gasteiger partial charge is 0.484 e. The number of nitrogens with two attached hydrogens (primary N) is 1. The van der Waals surface area contributed by atoms with Crippen molar-refractivity contribution >= 4 is 17.5 Å². The number of hydrazine groups is 1. The lowest BCUT2D eigenvalue weighted by atomic mass is 10.1. The summed E-state index contributed by atoms with van der Waals surface area (Å²) in [4.78, 5) is 11.7. The topological polar surface area (TPSA) is 67.6 Å². The molecule has 0 saturated carbocycles. The molecule has 0 unspecified atom stereocenters. The van der Waals surface area contributed by atoms with Crippen LogP contribution in [0.2, 0.25) is 5.02 Å². The van der Waals surface area contributed by atoms with Crippen LogP contribution in [0.1, 0.15) is 12.8 Å². The maximum Gasteiger partial charge on any atom is 0.272 e. The van der Waals surface area contributed by atoms with Gasteiger partial charge in [-0.25, -0.2) is 9.40 Å². The molecule has 3 N–H and O–H groups in total. The van der Waals surface area contributed by atoms with Crippen LogP contribution in [0.4, 0.5) is 4.39 Å². The Kier molecular flexibility index (Phi) is 5.17. The highest BCUT2D eigenvalue weighted by Gasteiger charge is 2.17. The van der Waals surface area contributed by atoms with Crippen LogP contribution >= 0.6 is 11.6 Å². The predicted octanol–water partition coefficient (Wildman–Crippen LogP) is 1.31. The van der Waals surface area contributed by atoms with Gasteiger partial charge in [0, 0.05) is 25.2 Å². The second kappa shape index (κ2) is 6.88. The second-order valence-corrected chi connectivity index (χ2v) is 5.13. The molecule has 1 heterocycles. The molecule has 0 aromatic heterocycles. The van der Waals surface area contributed by atoms with Crippen LogP contribution in [0.3, 0.4) is 0 Å². The number of carbonyl (C=O) groups excluding carboxylic acids is 1. The van der Waals surface area contributed by atoms with Gasteiger partial charge in [-0.15, -0.1) is 0 Å². The molecule has 2 rings (SSSR count). The quantitative estimate of drug-likeness (QED) is 0.880. The minimum Gasteiger partial charge on any atom is -0.484 e. The van der Waals surface area contributed by atoms with Crippen molar-refractivity contribution in [2.24, 2.45) is 5.73 Å². The zero-order valence-electron chi connectivity index (χ0n) is 10.9. The van der Waals surface area contributed by atoms with Crippen molar-refractivity contribution in [1.29, 1.82) is 0 Å². The van der Waals surface area contributed by atoms with Gasteiger partial charge < -0.3 is 10.5 Å². The molecule has 1 aromatic carbocycles. The first-order valence-electron chi connectivity index (χ1n) is 6.42. The summed E-state index contributed by atoms with van der Waals surface area (Å²) >= 11 is 5.56. The highest BCUT2D eigenvalue weighted by molar-refractivity contribution is 6.30. The standard InChI is InChI=1S/C13H17ClFN3O2/c14-11-2-1-10(7-12(11)15)20-8-13(19)17-18-5-3-9(16)4-6-18/h1-2,7,9H,3-6,8,16H2,(H,17,19). The van der Waals surface area contributed by atoms with E-state index in [2.05, 4.69) is 5.43 Å². The molecule has 1 aliphatic heterocycles. The van der Waals surface area contributed by atoms with Crippen LogP contribution in [-0.4, -0.2) is 36.7 Å². The Morgan fingerprint density at radius 3 is 2.85 bits per heavy atom. The summed E-state index contributed by atoms with van der Waals surface area (Å²) in [5.41, 5.74) is 8.51. The van der Waals surface area contributed by atoms with Crippen LogP contribution in [0.5, 0.6) is 5.75 Å². The maximum atomic E-state index is 13.2. The van der Waals surface area contributed by atoms with Gasteiger partial charge in [-0.3, -0.25) is 10.2 Å². The number of amides is 1. The fourth-order valence-electron chi connectivity index (χ4n) is 1.94. The summed E-state index contributed by atoms with van der Waals surface area (Å²) in [6.07, 6.45) is 1.70. The fraction of sp³-hybridized carbons (Fsp3) is 0.462. The van der Waals surface area contributed by atoms with Gasteiger partial charge in [-0.1, -0.05) is 11.6 Å². The monoisotopic (exact) mass is 301 g/mol. The van der Waals surface area contributed by atoms with Crippen molar-refractivity contribution in [2.75, 3.05) is 19.7 Å². The van der Waals surface area contributed by atoms with E-state index in [1.165, 1.54) is 12.1 Å². The molecular formula is C13H17ClFN3O2. The molecule has 1 amide bonds. The van der Waals surface area contributed by atoms with Crippen molar-refractivity contribution in [3.8, 4) is 5.75 Å². The zero-order chi connectivity index (χ0) is 14.5. The summed E-state index contributed by atoms with van der Waals surface area (Å²) in [7, 11) is 0. The molecule has 5 nitrogen and oxygen atoms in total. The number of piperidine rings is 1. The molecule has 1 fully saturated rings. The molecule has 20 heavy (non-hydrogen) atoms. The Hall–Kier alpha value is -1.37. The number of rotatable bonds is 4. The van der Waals surface area contributed by atoms with Gasteiger partial charge in [-0.2, -0.15) is 0 Å². The second-order valence-electron chi connectivity index (χ2n) is 4.72. The van der Waals surface area contributed by atoms with Gasteiger partial charge in [0.2, 0.25) is 0 Å². The van der Waals surface area contributed by atoms with Crippen molar-refractivity contribution in [3.63, 3.8) is 0 Å². The molecule has 0 aliphatic carbocycles. The van der Waals surface area contributed by atoms with E-state index in [0.29, 0.717) is 0 Å². The van der Waals surface area contributed by atoms with Gasteiger partial charge in [0.05, 0.1) is 5.02 Å². The molecule has 1 saturated heterocycles. The minimum atomic E-state index is -0.574. The smallest absolute Gasteiger partial charge is 0.272 e. The average molecular weight is 302 g/mol. The number of ether oxygens (including phenoxy) is 1. The Bertz CT molecular complexity index is 479. The van der Waals surface area contributed by atoms with E-state index < -0.39 is 5.82 Å². The third-order valence-corrected chi connectivity index (χ3v) is 3.39. The third-order valence-electron chi connectivity index (χ3n) is 3.08. The first-order valence-corrected chi connectivity index (χ1v) is 6.80. The average Bonchev–Trinajstić information content (AvgIpc) is 2.43. The number of nitrogens with zero attached hydrogens (tertiary/aromatic N) is 1. The van der Waals surface area contributed by atoms with Crippen LogP contribution in [-0.2, 0) is 4.79 Å². The number of nitrogens with one attached hydrogen (secondary N) is 1. The Balaban J connectivity index is 1.76. The lowest BCUT2D eigenvalue weighted by Crippen LogP contribution is -2.50. The van der Waals surface area contributed by atoms with Gasteiger partial charge in [-0.05, 0) is 25.0 Å². The fourth-order valence-corrected chi connectivity index (χ4v) is 2.05. The lowest BCUT2D eigenvalue weighted by Gasteiger charge is -2.30. The highest BCUT2D eigenvalue weighted by Crippen LogP contribution is 2.20. The summed E-state index contributed by atoms with van der Waals surface area (Å²) in [5.74, 6) is -0.590. The number of halogens is 2. The molecule has 0 bridgehead atoms. The summed E-state index contributed by atoms with van der Waals surface area (Å²) in [6, 6.07) is 4.25. The molecule has 0 spiro atoms. The summed E-state index contributed by atoms with van der Waals surface area (Å²) < 4.78 is 18.4. The molecule has 0 atom stereocenters. The summed E-state index contributed by atoms with van der Waals surface area (Å²) in [6.45, 7) is 1.27. The lowest BCUT2D eigenvalue weighted by molar-refractivity contribution is -0.128. The third kappa shape index (κ3) is 4.33. The molecule has 1 aliphatic rings. The van der Waals surface area contributed by atoms with Crippen LogP contribution in [0.25, 0.3) is 0 Å². The van der Waals surface area contributed by atoms with E-state index in [1.807, 2.05) is 5.01 Å². The maximum absolute atomic E-state index is 13.2. The van der Waals surface area contributed by atoms with Gasteiger partial charge in [0.15, 0.2) is 6.61 Å².